The predicted octanol–water partition coefficient (Wildman–Crippen LogP) is 1.43. The third-order valence-corrected chi connectivity index (χ3v) is 4.72. The quantitative estimate of drug-likeness (QED) is 0.862. The first kappa shape index (κ1) is 15.5. The van der Waals surface area contributed by atoms with Crippen molar-refractivity contribution in [2.45, 2.75) is 25.8 Å². The lowest BCUT2D eigenvalue weighted by Crippen LogP contribution is -2.48. The number of piperazine rings is 1. The SMILES string of the molecule is CC(CCNC(=O)Cc1ccsc1)N1CCN(C)CC1. The van der Waals surface area contributed by atoms with Crippen LogP contribution in [0.4, 0.5) is 0 Å². The minimum atomic E-state index is 0.133. The van der Waals surface area contributed by atoms with E-state index in [9.17, 15) is 4.79 Å². The van der Waals surface area contributed by atoms with Crippen LogP contribution < -0.4 is 5.32 Å². The molecule has 4 nitrogen and oxygen atoms in total. The van der Waals surface area contributed by atoms with E-state index in [-0.39, 0.29) is 5.91 Å². The Labute approximate surface area is 125 Å². The first-order chi connectivity index (χ1) is 9.65. The average molecular weight is 295 g/mol. The number of carbonyl (C=O) groups is 1. The number of carbonyl (C=O) groups excluding carboxylic acids is 1. The van der Waals surface area contributed by atoms with Gasteiger partial charge < -0.3 is 10.2 Å². The summed E-state index contributed by atoms with van der Waals surface area (Å²) in [7, 11) is 2.17. The molecule has 1 aromatic heterocycles. The summed E-state index contributed by atoms with van der Waals surface area (Å²) in [5.41, 5.74) is 1.11. The van der Waals surface area contributed by atoms with Crippen molar-refractivity contribution < 1.29 is 4.79 Å². The lowest BCUT2D eigenvalue weighted by molar-refractivity contribution is -0.120. The zero-order chi connectivity index (χ0) is 14.4. The molecule has 0 radical (unpaired) electrons. The molecule has 1 aliphatic rings. The highest BCUT2D eigenvalue weighted by Gasteiger charge is 2.18. The molecule has 112 valence electrons. The van der Waals surface area contributed by atoms with Crippen LogP contribution in [-0.4, -0.2) is 61.5 Å². The summed E-state index contributed by atoms with van der Waals surface area (Å²) in [4.78, 5) is 16.7. The number of likely N-dealkylation sites (N-methyl/N-ethyl adjacent to an activating group) is 1. The molecule has 2 rings (SSSR count). The summed E-state index contributed by atoms with van der Waals surface area (Å²) < 4.78 is 0. The number of hydrogen-bond acceptors (Lipinski definition) is 4. The van der Waals surface area contributed by atoms with Crippen LogP contribution in [0.5, 0.6) is 0 Å². The molecule has 1 aliphatic heterocycles. The number of amides is 1. The van der Waals surface area contributed by atoms with E-state index >= 15 is 0 Å². The van der Waals surface area contributed by atoms with Gasteiger partial charge in [0.2, 0.25) is 5.91 Å². The zero-order valence-corrected chi connectivity index (χ0v) is 13.3. The van der Waals surface area contributed by atoms with Gasteiger partial charge in [-0.15, -0.1) is 0 Å². The van der Waals surface area contributed by atoms with Crippen molar-refractivity contribution in [2.24, 2.45) is 0 Å². The van der Waals surface area contributed by atoms with Gasteiger partial charge in [0.1, 0.15) is 0 Å². The largest absolute Gasteiger partial charge is 0.356 e. The Morgan fingerprint density at radius 1 is 1.40 bits per heavy atom. The first-order valence-electron chi connectivity index (χ1n) is 7.35. The minimum absolute atomic E-state index is 0.133. The minimum Gasteiger partial charge on any atom is -0.356 e. The summed E-state index contributed by atoms with van der Waals surface area (Å²) >= 11 is 1.64. The molecule has 1 N–H and O–H groups in total. The molecule has 0 bridgehead atoms. The fourth-order valence-corrected chi connectivity index (χ4v) is 3.18. The molecular weight excluding hydrogens is 270 g/mol. The monoisotopic (exact) mass is 295 g/mol. The second-order valence-corrected chi connectivity index (χ2v) is 6.42. The van der Waals surface area contributed by atoms with Gasteiger partial charge in [-0.3, -0.25) is 9.69 Å². The van der Waals surface area contributed by atoms with Gasteiger partial charge in [0.15, 0.2) is 0 Å². The predicted molar refractivity (Wildman–Crippen MR) is 84.2 cm³/mol. The van der Waals surface area contributed by atoms with Crippen LogP contribution in [0.2, 0.25) is 0 Å². The van der Waals surface area contributed by atoms with Gasteiger partial charge in [0.05, 0.1) is 6.42 Å². The van der Waals surface area contributed by atoms with Crippen molar-refractivity contribution in [1.29, 1.82) is 0 Å². The molecular formula is C15H25N3OS. The summed E-state index contributed by atoms with van der Waals surface area (Å²) in [6.07, 6.45) is 1.53. The molecule has 2 heterocycles. The summed E-state index contributed by atoms with van der Waals surface area (Å²) in [6.45, 7) is 7.61. The lowest BCUT2D eigenvalue weighted by Gasteiger charge is -2.36. The van der Waals surface area contributed by atoms with E-state index in [1.807, 2.05) is 16.8 Å². The number of rotatable bonds is 6. The number of thiophene rings is 1. The van der Waals surface area contributed by atoms with Gasteiger partial charge in [-0.2, -0.15) is 11.3 Å². The molecule has 0 aliphatic carbocycles. The average Bonchev–Trinajstić information content (AvgIpc) is 2.92. The molecule has 5 heteroatoms. The molecule has 1 atom stereocenters. The molecule has 1 unspecified atom stereocenters. The van der Waals surface area contributed by atoms with Gasteiger partial charge in [-0.05, 0) is 42.8 Å². The molecule has 1 saturated heterocycles. The van der Waals surface area contributed by atoms with Crippen LogP contribution >= 0.6 is 11.3 Å². The number of nitrogens with one attached hydrogen (secondary N) is 1. The van der Waals surface area contributed by atoms with Gasteiger partial charge in [0, 0.05) is 38.8 Å². The van der Waals surface area contributed by atoms with Crippen LogP contribution in [0.15, 0.2) is 16.8 Å². The standard InChI is InChI=1S/C15H25N3OS/c1-13(18-8-6-17(2)7-9-18)3-5-16-15(19)11-14-4-10-20-12-14/h4,10,12-13H,3,5-9,11H2,1-2H3,(H,16,19). The Kier molecular flexibility index (Phi) is 6.01. The van der Waals surface area contributed by atoms with Gasteiger partial charge in [-0.1, -0.05) is 0 Å². The van der Waals surface area contributed by atoms with E-state index in [2.05, 4.69) is 29.1 Å². The third-order valence-electron chi connectivity index (χ3n) is 3.99. The molecule has 1 aromatic rings. The number of nitrogens with zero attached hydrogens (tertiary/aromatic N) is 2. The van der Waals surface area contributed by atoms with Gasteiger partial charge in [0.25, 0.3) is 0 Å². The molecule has 0 aromatic carbocycles. The van der Waals surface area contributed by atoms with Crippen molar-refractivity contribution in [3.05, 3.63) is 22.4 Å². The highest BCUT2D eigenvalue weighted by Crippen LogP contribution is 2.08. The van der Waals surface area contributed by atoms with Gasteiger partial charge >= 0.3 is 0 Å². The van der Waals surface area contributed by atoms with Gasteiger partial charge in [-0.25, -0.2) is 0 Å². The molecule has 0 saturated carbocycles. The van der Waals surface area contributed by atoms with E-state index in [0.717, 1.165) is 44.7 Å². The molecule has 1 fully saturated rings. The summed E-state index contributed by atoms with van der Waals surface area (Å²) in [5.74, 6) is 0.133. The van der Waals surface area contributed by atoms with Crippen molar-refractivity contribution in [3.8, 4) is 0 Å². The highest BCUT2D eigenvalue weighted by molar-refractivity contribution is 7.07. The first-order valence-corrected chi connectivity index (χ1v) is 8.30. The van der Waals surface area contributed by atoms with Crippen molar-refractivity contribution in [2.75, 3.05) is 39.8 Å². The van der Waals surface area contributed by atoms with Crippen LogP contribution in [0.3, 0.4) is 0 Å². The zero-order valence-electron chi connectivity index (χ0n) is 12.5. The molecule has 1 amide bonds. The Bertz CT molecular complexity index is 399. The fourth-order valence-electron chi connectivity index (χ4n) is 2.51. The lowest BCUT2D eigenvalue weighted by atomic mass is 10.1. The second kappa shape index (κ2) is 7.76. The van der Waals surface area contributed by atoms with Crippen LogP contribution in [0.1, 0.15) is 18.9 Å². The summed E-state index contributed by atoms with van der Waals surface area (Å²) in [6, 6.07) is 2.56. The smallest absolute Gasteiger partial charge is 0.224 e. The Morgan fingerprint density at radius 3 is 2.80 bits per heavy atom. The Hall–Kier alpha value is -0.910. The van der Waals surface area contributed by atoms with Crippen molar-refractivity contribution in [3.63, 3.8) is 0 Å². The summed E-state index contributed by atoms with van der Waals surface area (Å²) in [5, 5.41) is 7.07. The topological polar surface area (TPSA) is 35.6 Å². The van der Waals surface area contributed by atoms with Crippen molar-refractivity contribution in [1.82, 2.24) is 15.1 Å². The highest BCUT2D eigenvalue weighted by atomic mass is 32.1. The maximum atomic E-state index is 11.8. The molecule has 0 spiro atoms. The Morgan fingerprint density at radius 2 is 2.15 bits per heavy atom. The normalized spacial score (nSPS) is 18.9. The number of hydrogen-bond donors (Lipinski definition) is 1. The van der Waals surface area contributed by atoms with Crippen molar-refractivity contribution >= 4 is 17.2 Å². The van der Waals surface area contributed by atoms with E-state index < -0.39 is 0 Å². The van der Waals surface area contributed by atoms with E-state index in [1.54, 1.807) is 11.3 Å². The van der Waals surface area contributed by atoms with E-state index in [1.165, 1.54) is 0 Å². The van der Waals surface area contributed by atoms with Crippen LogP contribution in [0, 0.1) is 0 Å². The van der Waals surface area contributed by atoms with Crippen LogP contribution in [-0.2, 0) is 11.2 Å². The second-order valence-electron chi connectivity index (χ2n) is 5.64. The van der Waals surface area contributed by atoms with E-state index in [4.69, 9.17) is 0 Å². The maximum Gasteiger partial charge on any atom is 0.224 e. The maximum absolute atomic E-state index is 11.8. The van der Waals surface area contributed by atoms with E-state index in [0.29, 0.717) is 12.5 Å². The van der Waals surface area contributed by atoms with Crippen LogP contribution in [0.25, 0.3) is 0 Å². The fraction of sp³-hybridized carbons (Fsp3) is 0.667. The Balaban J connectivity index is 1.61. The third kappa shape index (κ3) is 4.89. The molecule has 20 heavy (non-hydrogen) atoms.